The molecule has 0 unspecified atom stereocenters. The molecular weight excluding hydrogens is 420 g/mol. The fraction of sp³-hybridized carbons (Fsp3) is 0.160. The van der Waals surface area contributed by atoms with Crippen LogP contribution in [0.25, 0.3) is 0 Å². The molecule has 0 aliphatic rings. The highest BCUT2D eigenvalue weighted by molar-refractivity contribution is 6.07. The van der Waals surface area contributed by atoms with E-state index in [0.717, 1.165) is 11.1 Å². The van der Waals surface area contributed by atoms with Gasteiger partial charge in [-0.05, 0) is 31.0 Å². The SMILES string of the molecule is Cc1cc(C(=O)N(Cc2ccccc2)c2c(N)n(Cc3ccccc3)c(=O)[nH]c2=O)c(C)o1. The number of aromatic nitrogens is 2. The van der Waals surface area contributed by atoms with Gasteiger partial charge in [0, 0.05) is 0 Å². The molecule has 33 heavy (non-hydrogen) atoms. The van der Waals surface area contributed by atoms with E-state index in [1.165, 1.54) is 9.47 Å². The van der Waals surface area contributed by atoms with Crippen LogP contribution in [0, 0.1) is 13.8 Å². The first kappa shape index (κ1) is 21.9. The van der Waals surface area contributed by atoms with E-state index in [1.54, 1.807) is 19.9 Å². The Morgan fingerprint density at radius 2 is 1.61 bits per heavy atom. The standard InChI is InChI=1S/C25H24N4O4/c1-16-13-20(17(2)33-16)24(31)28(14-18-9-5-3-6-10-18)21-22(26)29(25(32)27-23(21)30)15-19-11-7-4-8-12-19/h3-13H,14-15,26H2,1-2H3,(H,27,30,32). The average molecular weight is 444 g/mol. The number of aromatic amines is 1. The van der Waals surface area contributed by atoms with Crippen LogP contribution in [0.1, 0.15) is 33.0 Å². The number of anilines is 2. The van der Waals surface area contributed by atoms with Gasteiger partial charge in [0.05, 0.1) is 18.7 Å². The largest absolute Gasteiger partial charge is 0.466 e. The summed E-state index contributed by atoms with van der Waals surface area (Å²) < 4.78 is 6.79. The van der Waals surface area contributed by atoms with Gasteiger partial charge in [0.15, 0.2) is 5.69 Å². The zero-order chi connectivity index (χ0) is 23.5. The van der Waals surface area contributed by atoms with Gasteiger partial charge in [-0.2, -0.15) is 0 Å². The van der Waals surface area contributed by atoms with Gasteiger partial charge in [-0.25, -0.2) is 4.79 Å². The van der Waals surface area contributed by atoms with Crippen LogP contribution < -0.4 is 21.9 Å². The highest BCUT2D eigenvalue weighted by Gasteiger charge is 2.28. The summed E-state index contributed by atoms with van der Waals surface area (Å²) in [4.78, 5) is 42.8. The van der Waals surface area contributed by atoms with Crippen molar-refractivity contribution in [3.8, 4) is 0 Å². The summed E-state index contributed by atoms with van der Waals surface area (Å²) in [6.45, 7) is 3.66. The smallest absolute Gasteiger partial charge is 0.330 e. The number of benzene rings is 2. The van der Waals surface area contributed by atoms with Crippen molar-refractivity contribution in [2.45, 2.75) is 26.9 Å². The van der Waals surface area contributed by atoms with Crippen molar-refractivity contribution < 1.29 is 9.21 Å². The Morgan fingerprint density at radius 3 is 2.18 bits per heavy atom. The summed E-state index contributed by atoms with van der Waals surface area (Å²) in [5.41, 5.74) is 6.85. The molecule has 0 bridgehead atoms. The number of hydrogen-bond acceptors (Lipinski definition) is 5. The molecule has 0 saturated heterocycles. The van der Waals surface area contributed by atoms with E-state index in [1.807, 2.05) is 60.7 Å². The van der Waals surface area contributed by atoms with Gasteiger partial charge in [-0.15, -0.1) is 0 Å². The van der Waals surface area contributed by atoms with E-state index >= 15 is 0 Å². The maximum absolute atomic E-state index is 13.6. The monoisotopic (exact) mass is 444 g/mol. The van der Waals surface area contributed by atoms with Gasteiger partial charge in [-0.1, -0.05) is 60.7 Å². The third-order valence-electron chi connectivity index (χ3n) is 5.37. The highest BCUT2D eigenvalue weighted by Crippen LogP contribution is 2.25. The number of amides is 1. The zero-order valence-electron chi connectivity index (χ0n) is 18.4. The number of aryl methyl sites for hydroxylation is 2. The van der Waals surface area contributed by atoms with E-state index in [9.17, 15) is 14.4 Å². The highest BCUT2D eigenvalue weighted by atomic mass is 16.3. The van der Waals surface area contributed by atoms with Crippen molar-refractivity contribution in [2.24, 2.45) is 0 Å². The molecule has 2 heterocycles. The normalized spacial score (nSPS) is 10.8. The van der Waals surface area contributed by atoms with Crippen molar-refractivity contribution in [2.75, 3.05) is 10.6 Å². The van der Waals surface area contributed by atoms with Crippen LogP contribution in [-0.4, -0.2) is 15.5 Å². The van der Waals surface area contributed by atoms with Gasteiger partial charge < -0.3 is 10.2 Å². The second-order valence-corrected chi connectivity index (χ2v) is 7.77. The Kier molecular flexibility index (Phi) is 5.99. The third-order valence-corrected chi connectivity index (χ3v) is 5.37. The van der Waals surface area contributed by atoms with Crippen LogP contribution in [0.15, 0.2) is 80.7 Å². The van der Waals surface area contributed by atoms with Crippen molar-refractivity contribution >= 4 is 17.4 Å². The van der Waals surface area contributed by atoms with E-state index in [4.69, 9.17) is 10.2 Å². The van der Waals surface area contributed by atoms with Gasteiger partial charge in [0.25, 0.3) is 11.5 Å². The number of H-pyrrole nitrogens is 1. The summed E-state index contributed by atoms with van der Waals surface area (Å²) in [5.74, 6) is 0.472. The fourth-order valence-corrected chi connectivity index (χ4v) is 3.77. The first-order valence-electron chi connectivity index (χ1n) is 10.4. The predicted molar refractivity (Wildman–Crippen MR) is 126 cm³/mol. The second kappa shape index (κ2) is 9.04. The van der Waals surface area contributed by atoms with Crippen LogP contribution in [0.2, 0.25) is 0 Å². The van der Waals surface area contributed by atoms with Crippen molar-refractivity contribution in [1.82, 2.24) is 9.55 Å². The lowest BCUT2D eigenvalue weighted by Gasteiger charge is -2.24. The number of carbonyl (C=O) groups excluding carboxylic acids is 1. The van der Waals surface area contributed by atoms with E-state index in [-0.39, 0.29) is 24.6 Å². The molecule has 0 fully saturated rings. The molecule has 2 aromatic heterocycles. The Balaban J connectivity index is 1.86. The Morgan fingerprint density at radius 1 is 1.00 bits per heavy atom. The zero-order valence-corrected chi connectivity index (χ0v) is 18.4. The molecule has 3 N–H and O–H groups in total. The molecule has 0 aliphatic heterocycles. The van der Waals surface area contributed by atoms with Crippen LogP contribution in [0.3, 0.4) is 0 Å². The molecule has 0 saturated carbocycles. The van der Waals surface area contributed by atoms with Crippen molar-refractivity contribution in [1.29, 1.82) is 0 Å². The van der Waals surface area contributed by atoms with Gasteiger partial charge in [0.2, 0.25) is 0 Å². The molecule has 4 rings (SSSR count). The molecule has 8 heteroatoms. The van der Waals surface area contributed by atoms with Gasteiger partial charge in [0.1, 0.15) is 17.3 Å². The lowest BCUT2D eigenvalue weighted by Crippen LogP contribution is -2.41. The first-order valence-corrected chi connectivity index (χ1v) is 10.4. The Bertz CT molecular complexity index is 1400. The minimum Gasteiger partial charge on any atom is -0.466 e. The lowest BCUT2D eigenvalue weighted by atomic mass is 10.1. The number of hydrogen-bond donors (Lipinski definition) is 2. The number of nitrogens with two attached hydrogens (primary N) is 1. The first-order chi connectivity index (χ1) is 15.8. The number of nitrogens with zero attached hydrogens (tertiary/aromatic N) is 2. The van der Waals surface area contributed by atoms with Crippen LogP contribution >= 0.6 is 0 Å². The van der Waals surface area contributed by atoms with Crippen LogP contribution in [-0.2, 0) is 13.1 Å². The quantitative estimate of drug-likeness (QED) is 0.474. The molecule has 2 aromatic carbocycles. The molecule has 0 spiro atoms. The molecule has 4 aromatic rings. The average Bonchev–Trinajstić information content (AvgIpc) is 3.14. The second-order valence-electron chi connectivity index (χ2n) is 7.77. The molecule has 0 aliphatic carbocycles. The molecule has 8 nitrogen and oxygen atoms in total. The number of rotatable bonds is 6. The Labute approximate surface area is 189 Å². The molecule has 0 radical (unpaired) electrons. The Hall–Kier alpha value is -4.33. The van der Waals surface area contributed by atoms with Gasteiger partial charge >= 0.3 is 5.69 Å². The molecule has 1 amide bonds. The van der Waals surface area contributed by atoms with Crippen LogP contribution in [0.5, 0.6) is 0 Å². The van der Waals surface area contributed by atoms with E-state index < -0.39 is 17.2 Å². The molecule has 0 atom stereocenters. The van der Waals surface area contributed by atoms with Crippen LogP contribution in [0.4, 0.5) is 11.5 Å². The topological polar surface area (TPSA) is 114 Å². The summed E-state index contributed by atoms with van der Waals surface area (Å²) in [7, 11) is 0. The molecular formula is C25H24N4O4. The minimum atomic E-state index is -0.732. The number of carbonyl (C=O) groups is 1. The third kappa shape index (κ3) is 4.50. The maximum Gasteiger partial charge on any atom is 0.330 e. The summed E-state index contributed by atoms with van der Waals surface area (Å²) in [6, 6.07) is 20.1. The summed E-state index contributed by atoms with van der Waals surface area (Å²) in [6.07, 6.45) is 0. The van der Waals surface area contributed by atoms with E-state index in [2.05, 4.69) is 4.98 Å². The predicted octanol–water partition coefficient (Wildman–Crippen LogP) is 3.22. The van der Waals surface area contributed by atoms with E-state index in [0.29, 0.717) is 17.1 Å². The van der Waals surface area contributed by atoms with Gasteiger partial charge in [-0.3, -0.25) is 24.0 Å². The number of furan rings is 1. The summed E-state index contributed by atoms with van der Waals surface area (Å²) in [5, 5.41) is 0. The summed E-state index contributed by atoms with van der Waals surface area (Å²) >= 11 is 0. The lowest BCUT2D eigenvalue weighted by molar-refractivity contribution is 0.0983. The fourth-order valence-electron chi connectivity index (χ4n) is 3.77. The maximum atomic E-state index is 13.6. The minimum absolute atomic E-state index is 0.0835. The number of nitrogens with one attached hydrogen (secondary N) is 1. The van der Waals surface area contributed by atoms with Crippen molar-refractivity contribution in [3.63, 3.8) is 0 Å². The van der Waals surface area contributed by atoms with Crippen molar-refractivity contribution in [3.05, 3.63) is 116 Å². The number of nitrogen functional groups attached to an aromatic ring is 1. The molecule has 168 valence electrons.